The van der Waals surface area contributed by atoms with Gasteiger partial charge in [-0.3, -0.25) is 4.79 Å². The van der Waals surface area contributed by atoms with Gasteiger partial charge in [0.2, 0.25) is 0 Å². The zero-order chi connectivity index (χ0) is 17.8. The highest BCUT2D eigenvalue weighted by Gasteiger charge is 2.15. The normalized spacial score (nSPS) is 11.0. The minimum absolute atomic E-state index is 0.0163. The van der Waals surface area contributed by atoms with E-state index in [1.165, 1.54) is 12.1 Å². The molecule has 0 saturated carbocycles. The van der Waals surface area contributed by atoms with Crippen LogP contribution in [-0.4, -0.2) is 21.8 Å². The van der Waals surface area contributed by atoms with Gasteiger partial charge in [-0.25, -0.2) is 9.37 Å². The third-order valence-corrected chi connectivity index (χ3v) is 4.63. The second kappa shape index (κ2) is 7.89. The van der Waals surface area contributed by atoms with Gasteiger partial charge in [-0.2, -0.15) is 11.8 Å². The molecular weight excluding hydrogens is 363 g/mol. The summed E-state index contributed by atoms with van der Waals surface area (Å²) in [6, 6.07) is 12.0. The highest BCUT2D eigenvalue weighted by molar-refractivity contribution is 7.97. The molecule has 0 aliphatic heterocycles. The van der Waals surface area contributed by atoms with Crippen molar-refractivity contribution in [3.63, 3.8) is 0 Å². The maximum atomic E-state index is 13.8. The predicted molar refractivity (Wildman–Crippen MR) is 98.2 cm³/mol. The summed E-state index contributed by atoms with van der Waals surface area (Å²) in [7, 11) is 0. The van der Waals surface area contributed by atoms with Crippen LogP contribution in [0.3, 0.4) is 0 Å². The van der Waals surface area contributed by atoms with Crippen molar-refractivity contribution in [2.24, 2.45) is 0 Å². The molecular formula is C18H16ClFN2O2S. The average molecular weight is 379 g/mol. The summed E-state index contributed by atoms with van der Waals surface area (Å²) in [4.78, 5) is 16.8. The molecule has 0 spiro atoms. The lowest BCUT2D eigenvalue weighted by atomic mass is 10.2. The molecule has 0 N–H and O–H groups in total. The molecule has 25 heavy (non-hydrogen) atoms. The molecule has 1 heterocycles. The van der Waals surface area contributed by atoms with Crippen molar-refractivity contribution in [2.45, 2.75) is 18.9 Å². The Kier molecular flexibility index (Phi) is 5.60. The number of rotatable bonds is 6. The average Bonchev–Trinajstić information content (AvgIpc) is 2.92. The zero-order valence-corrected chi connectivity index (χ0v) is 15.1. The standard InChI is InChI=1S/C18H16ClFN2O2S/c1-25-11-17-21-15-7-2-3-8-16(15)22(17)9-18(23)24-10-12-13(19)5-4-6-14(12)20/h2-8H,9-11H2,1H3. The van der Waals surface area contributed by atoms with E-state index in [0.29, 0.717) is 5.75 Å². The molecule has 3 aromatic rings. The van der Waals surface area contributed by atoms with E-state index in [1.807, 2.05) is 35.1 Å². The molecule has 0 atom stereocenters. The molecule has 130 valence electrons. The minimum Gasteiger partial charge on any atom is -0.459 e. The third-order valence-electron chi connectivity index (χ3n) is 3.73. The van der Waals surface area contributed by atoms with E-state index in [0.717, 1.165) is 16.9 Å². The molecule has 3 rings (SSSR count). The second-order valence-electron chi connectivity index (χ2n) is 5.40. The van der Waals surface area contributed by atoms with Gasteiger partial charge >= 0.3 is 5.97 Å². The topological polar surface area (TPSA) is 44.1 Å². The van der Waals surface area contributed by atoms with Crippen LogP contribution in [-0.2, 0) is 28.4 Å². The van der Waals surface area contributed by atoms with Crippen LogP contribution < -0.4 is 0 Å². The van der Waals surface area contributed by atoms with Crippen molar-refractivity contribution in [1.29, 1.82) is 0 Å². The van der Waals surface area contributed by atoms with E-state index < -0.39 is 11.8 Å². The molecule has 0 bridgehead atoms. The van der Waals surface area contributed by atoms with Crippen molar-refractivity contribution in [3.8, 4) is 0 Å². The first-order valence-electron chi connectivity index (χ1n) is 7.61. The fourth-order valence-corrected chi connectivity index (χ4v) is 3.23. The minimum atomic E-state index is -0.489. The monoisotopic (exact) mass is 378 g/mol. The number of halogens is 2. The van der Waals surface area contributed by atoms with Crippen LogP contribution in [0.4, 0.5) is 4.39 Å². The number of carbonyl (C=O) groups excluding carboxylic acids is 1. The van der Waals surface area contributed by atoms with Crippen molar-refractivity contribution < 1.29 is 13.9 Å². The number of para-hydroxylation sites is 2. The Morgan fingerprint density at radius 2 is 2.08 bits per heavy atom. The van der Waals surface area contributed by atoms with Gasteiger partial charge in [0.15, 0.2) is 0 Å². The third kappa shape index (κ3) is 3.96. The number of benzene rings is 2. The van der Waals surface area contributed by atoms with Gasteiger partial charge in [0.25, 0.3) is 0 Å². The Morgan fingerprint density at radius 1 is 1.28 bits per heavy atom. The van der Waals surface area contributed by atoms with Gasteiger partial charge in [0, 0.05) is 5.56 Å². The highest BCUT2D eigenvalue weighted by Crippen LogP contribution is 2.21. The Hall–Kier alpha value is -2.05. The van der Waals surface area contributed by atoms with E-state index in [2.05, 4.69) is 4.98 Å². The smallest absolute Gasteiger partial charge is 0.326 e. The molecule has 0 unspecified atom stereocenters. The number of fused-ring (bicyclic) bond motifs is 1. The summed E-state index contributed by atoms with van der Waals surface area (Å²) >= 11 is 7.57. The SMILES string of the molecule is CSCc1nc2ccccc2n1CC(=O)OCc1c(F)cccc1Cl. The van der Waals surface area contributed by atoms with Gasteiger partial charge in [0.05, 0.1) is 21.8 Å². The number of imidazole rings is 1. The number of hydrogen-bond acceptors (Lipinski definition) is 4. The second-order valence-corrected chi connectivity index (χ2v) is 6.67. The number of ether oxygens (including phenoxy) is 1. The van der Waals surface area contributed by atoms with Gasteiger partial charge in [-0.1, -0.05) is 29.8 Å². The van der Waals surface area contributed by atoms with Crippen LogP contribution >= 0.6 is 23.4 Å². The molecule has 0 aliphatic carbocycles. The van der Waals surface area contributed by atoms with Crippen molar-refractivity contribution in [3.05, 3.63) is 64.7 Å². The first-order valence-corrected chi connectivity index (χ1v) is 9.39. The Balaban J connectivity index is 1.77. The van der Waals surface area contributed by atoms with Crippen molar-refractivity contribution in [2.75, 3.05) is 6.26 Å². The van der Waals surface area contributed by atoms with Crippen LogP contribution in [0.25, 0.3) is 11.0 Å². The number of nitrogens with zero attached hydrogens (tertiary/aromatic N) is 2. The Morgan fingerprint density at radius 3 is 2.84 bits per heavy atom. The van der Waals surface area contributed by atoms with E-state index in [9.17, 15) is 9.18 Å². The lowest BCUT2D eigenvalue weighted by Gasteiger charge is -2.10. The largest absolute Gasteiger partial charge is 0.459 e. The van der Waals surface area contributed by atoms with Crippen LogP contribution in [0.2, 0.25) is 5.02 Å². The summed E-state index contributed by atoms with van der Waals surface area (Å²) in [6.07, 6.45) is 1.97. The molecule has 2 aromatic carbocycles. The number of carbonyl (C=O) groups is 1. The fraction of sp³-hybridized carbons (Fsp3) is 0.222. The number of esters is 1. The Labute approximate surface area is 154 Å². The first kappa shape index (κ1) is 17.8. The van der Waals surface area contributed by atoms with Crippen LogP contribution in [0.5, 0.6) is 0 Å². The van der Waals surface area contributed by atoms with Crippen LogP contribution in [0, 0.1) is 5.82 Å². The van der Waals surface area contributed by atoms with Gasteiger partial charge in [0.1, 0.15) is 24.8 Å². The lowest BCUT2D eigenvalue weighted by molar-refractivity contribution is -0.145. The van der Waals surface area contributed by atoms with Crippen LogP contribution in [0.15, 0.2) is 42.5 Å². The summed E-state index contributed by atoms with van der Waals surface area (Å²) < 4.78 is 20.8. The van der Waals surface area contributed by atoms with Crippen molar-refractivity contribution in [1.82, 2.24) is 9.55 Å². The molecule has 1 aromatic heterocycles. The summed E-state index contributed by atoms with van der Waals surface area (Å²) in [5.74, 6) is 0.525. The van der Waals surface area contributed by atoms with E-state index in [-0.39, 0.29) is 23.7 Å². The summed E-state index contributed by atoms with van der Waals surface area (Å²) in [5.41, 5.74) is 1.88. The van der Waals surface area contributed by atoms with Gasteiger partial charge in [-0.15, -0.1) is 0 Å². The molecule has 0 fully saturated rings. The van der Waals surface area contributed by atoms with E-state index in [1.54, 1.807) is 17.8 Å². The van der Waals surface area contributed by atoms with E-state index >= 15 is 0 Å². The number of thioether (sulfide) groups is 1. The zero-order valence-electron chi connectivity index (χ0n) is 13.5. The molecule has 0 amide bonds. The summed E-state index contributed by atoms with van der Waals surface area (Å²) in [5, 5.41) is 0.240. The molecule has 4 nitrogen and oxygen atoms in total. The lowest BCUT2D eigenvalue weighted by Crippen LogP contribution is -2.15. The Bertz CT molecular complexity index is 893. The predicted octanol–water partition coefficient (Wildman–Crippen LogP) is 4.44. The van der Waals surface area contributed by atoms with Gasteiger partial charge in [-0.05, 0) is 30.5 Å². The molecule has 7 heteroatoms. The molecule has 0 radical (unpaired) electrons. The highest BCUT2D eigenvalue weighted by atomic mass is 35.5. The van der Waals surface area contributed by atoms with Gasteiger partial charge < -0.3 is 9.30 Å². The van der Waals surface area contributed by atoms with E-state index in [4.69, 9.17) is 16.3 Å². The quantitative estimate of drug-likeness (QED) is 0.595. The molecule has 0 saturated heterocycles. The maximum Gasteiger partial charge on any atom is 0.326 e. The first-order chi connectivity index (χ1) is 12.1. The van der Waals surface area contributed by atoms with Crippen molar-refractivity contribution >= 4 is 40.4 Å². The fourth-order valence-electron chi connectivity index (χ4n) is 2.54. The number of aromatic nitrogens is 2. The summed E-state index contributed by atoms with van der Waals surface area (Å²) in [6.45, 7) is -0.183. The number of hydrogen-bond donors (Lipinski definition) is 0. The maximum absolute atomic E-state index is 13.8. The van der Waals surface area contributed by atoms with Crippen LogP contribution in [0.1, 0.15) is 11.4 Å². The molecule has 0 aliphatic rings.